The molecule has 0 aliphatic carbocycles. The average molecular weight is 323 g/mol. The van der Waals surface area contributed by atoms with Crippen LogP contribution in [0, 0.1) is 0 Å². The first-order valence-corrected chi connectivity index (χ1v) is 8.55. The molecule has 1 aliphatic rings. The third-order valence-corrected chi connectivity index (χ3v) is 5.19. The van der Waals surface area contributed by atoms with Crippen LogP contribution < -0.4 is 5.32 Å². The van der Waals surface area contributed by atoms with Crippen molar-refractivity contribution in [3.63, 3.8) is 0 Å². The Balaban J connectivity index is 1.62. The Morgan fingerprint density at radius 3 is 3.19 bits per heavy atom. The van der Waals surface area contributed by atoms with Crippen LogP contribution in [0.1, 0.15) is 5.69 Å². The fourth-order valence-electron chi connectivity index (χ4n) is 2.18. The quantitative estimate of drug-likeness (QED) is 0.932. The lowest BCUT2D eigenvalue weighted by Gasteiger charge is -2.26. The SMILES string of the molecule is CN(Cc1csc(-c2cccs2)n1)C(=O)C1CNCCO1. The number of aromatic nitrogens is 1. The molecule has 3 heterocycles. The van der Waals surface area contributed by atoms with Gasteiger partial charge in [-0.1, -0.05) is 6.07 Å². The minimum absolute atomic E-state index is 0.00729. The Kier molecular flexibility index (Phi) is 4.64. The Morgan fingerprint density at radius 2 is 2.48 bits per heavy atom. The molecule has 3 rings (SSSR count). The fourth-order valence-corrected chi connectivity index (χ4v) is 3.81. The molecule has 1 amide bonds. The second kappa shape index (κ2) is 6.65. The van der Waals surface area contributed by atoms with Gasteiger partial charge in [-0.05, 0) is 11.4 Å². The highest BCUT2D eigenvalue weighted by molar-refractivity contribution is 7.20. The maximum absolute atomic E-state index is 12.3. The van der Waals surface area contributed by atoms with Crippen LogP contribution in [0.2, 0.25) is 0 Å². The summed E-state index contributed by atoms with van der Waals surface area (Å²) in [4.78, 5) is 19.7. The monoisotopic (exact) mass is 323 g/mol. The van der Waals surface area contributed by atoms with Gasteiger partial charge in [-0.3, -0.25) is 4.79 Å². The lowest BCUT2D eigenvalue weighted by atomic mass is 10.2. The number of carbonyl (C=O) groups excluding carboxylic acids is 1. The summed E-state index contributed by atoms with van der Waals surface area (Å²) in [6.07, 6.45) is -0.376. The lowest BCUT2D eigenvalue weighted by Crippen LogP contribution is -2.48. The van der Waals surface area contributed by atoms with Crippen molar-refractivity contribution in [1.82, 2.24) is 15.2 Å². The van der Waals surface area contributed by atoms with Gasteiger partial charge in [0.25, 0.3) is 5.91 Å². The van der Waals surface area contributed by atoms with Crippen LogP contribution in [0.25, 0.3) is 9.88 Å². The van der Waals surface area contributed by atoms with Crippen molar-refractivity contribution >= 4 is 28.6 Å². The molecule has 2 aromatic rings. The van der Waals surface area contributed by atoms with Crippen LogP contribution in [-0.4, -0.2) is 48.6 Å². The van der Waals surface area contributed by atoms with Gasteiger partial charge < -0.3 is 15.0 Å². The van der Waals surface area contributed by atoms with Crippen molar-refractivity contribution in [3.05, 3.63) is 28.6 Å². The molecule has 112 valence electrons. The highest BCUT2D eigenvalue weighted by Crippen LogP contribution is 2.28. The molecule has 0 bridgehead atoms. The van der Waals surface area contributed by atoms with E-state index in [-0.39, 0.29) is 12.0 Å². The van der Waals surface area contributed by atoms with E-state index in [0.717, 1.165) is 17.2 Å². The number of ether oxygens (including phenoxy) is 1. The van der Waals surface area contributed by atoms with Crippen molar-refractivity contribution in [2.45, 2.75) is 12.6 Å². The summed E-state index contributed by atoms with van der Waals surface area (Å²) in [6, 6.07) is 4.08. The molecule has 5 nitrogen and oxygen atoms in total. The molecule has 7 heteroatoms. The topological polar surface area (TPSA) is 54.5 Å². The van der Waals surface area contributed by atoms with Crippen LogP contribution in [0.3, 0.4) is 0 Å². The number of carbonyl (C=O) groups is 1. The number of nitrogens with zero attached hydrogens (tertiary/aromatic N) is 2. The van der Waals surface area contributed by atoms with Crippen molar-refractivity contribution in [3.8, 4) is 9.88 Å². The normalized spacial score (nSPS) is 18.6. The largest absolute Gasteiger partial charge is 0.366 e. The van der Waals surface area contributed by atoms with Gasteiger partial charge in [0.05, 0.1) is 23.7 Å². The number of nitrogens with one attached hydrogen (secondary N) is 1. The smallest absolute Gasteiger partial charge is 0.253 e. The van der Waals surface area contributed by atoms with Crippen molar-refractivity contribution in [2.75, 3.05) is 26.7 Å². The number of hydrogen-bond acceptors (Lipinski definition) is 6. The highest BCUT2D eigenvalue weighted by atomic mass is 32.1. The van der Waals surface area contributed by atoms with E-state index in [4.69, 9.17) is 4.74 Å². The zero-order valence-corrected chi connectivity index (χ0v) is 13.4. The first-order chi connectivity index (χ1) is 10.2. The second-order valence-corrected chi connectivity index (χ2v) is 6.68. The summed E-state index contributed by atoms with van der Waals surface area (Å²) in [5.41, 5.74) is 0.919. The summed E-state index contributed by atoms with van der Waals surface area (Å²) in [6.45, 7) is 2.49. The third-order valence-electron chi connectivity index (χ3n) is 3.26. The molecular weight excluding hydrogens is 306 g/mol. The van der Waals surface area contributed by atoms with Gasteiger partial charge in [0, 0.05) is 25.5 Å². The summed E-state index contributed by atoms with van der Waals surface area (Å²) < 4.78 is 5.49. The molecule has 0 radical (unpaired) electrons. The number of thiazole rings is 1. The molecule has 1 N–H and O–H groups in total. The van der Waals surface area contributed by atoms with E-state index in [2.05, 4.69) is 16.4 Å². The van der Waals surface area contributed by atoms with E-state index in [0.29, 0.717) is 19.7 Å². The number of hydrogen-bond donors (Lipinski definition) is 1. The van der Waals surface area contributed by atoms with Crippen molar-refractivity contribution < 1.29 is 9.53 Å². The van der Waals surface area contributed by atoms with Gasteiger partial charge >= 0.3 is 0 Å². The van der Waals surface area contributed by atoms with Gasteiger partial charge in [0.15, 0.2) is 0 Å². The standard InChI is InChI=1S/C14H17N3O2S2/c1-17(14(18)11-7-15-4-5-19-11)8-10-9-21-13(16-10)12-3-2-6-20-12/h2-3,6,9,11,15H,4-5,7-8H2,1H3. The first kappa shape index (κ1) is 14.6. The van der Waals surface area contributed by atoms with E-state index in [1.165, 1.54) is 4.88 Å². The number of rotatable bonds is 4. The number of morpholine rings is 1. The predicted octanol–water partition coefficient (Wildman–Crippen LogP) is 1.82. The number of likely N-dealkylation sites (N-methyl/N-ethyl adjacent to an activating group) is 1. The number of amides is 1. The maximum Gasteiger partial charge on any atom is 0.253 e. The molecule has 0 saturated carbocycles. The zero-order chi connectivity index (χ0) is 14.7. The molecule has 1 atom stereocenters. The fraction of sp³-hybridized carbons (Fsp3) is 0.429. The van der Waals surface area contributed by atoms with Gasteiger partial charge in [0.2, 0.25) is 0 Å². The van der Waals surface area contributed by atoms with E-state index < -0.39 is 0 Å². The molecule has 1 unspecified atom stereocenters. The van der Waals surface area contributed by atoms with Crippen LogP contribution in [0.5, 0.6) is 0 Å². The molecule has 1 saturated heterocycles. The van der Waals surface area contributed by atoms with Crippen molar-refractivity contribution in [2.24, 2.45) is 0 Å². The molecule has 2 aromatic heterocycles. The van der Waals surface area contributed by atoms with E-state index in [1.807, 2.05) is 16.8 Å². The zero-order valence-electron chi connectivity index (χ0n) is 11.7. The van der Waals surface area contributed by atoms with Gasteiger partial charge in [-0.15, -0.1) is 22.7 Å². The van der Waals surface area contributed by atoms with Gasteiger partial charge in [-0.2, -0.15) is 0 Å². The second-order valence-electron chi connectivity index (χ2n) is 4.88. The minimum Gasteiger partial charge on any atom is -0.366 e. The maximum atomic E-state index is 12.3. The Hall–Kier alpha value is -1.28. The summed E-state index contributed by atoms with van der Waals surface area (Å²) in [7, 11) is 1.80. The third kappa shape index (κ3) is 3.49. The molecule has 1 aliphatic heterocycles. The number of thiophene rings is 1. The van der Waals surface area contributed by atoms with Crippen LogP contribution in [0.15, 0.2) is 22.9 Å². The summed E-state index contributed by atoms with van der Waals surface area (Å²) >= 11 is 3.29. The average Bonchev–Trinajstić information content (AvgIpc) is 3.18. The predicted molar refractivity (Wildman–Crippen MR) is 84.5 cm³/mol. The summed E-state index contributed by atoms with van der Waals surface area (Å²) in [5, 5.41) is 8.24. The molecule has 0 aromatic carbocycles. The Bertz CT molecular complexity index is 591. The molecule has 1 fully saturated rings. The van der Waals surface area contributed by atoms with E-state index >= 15 is 0 Å². The van der Waals surface area contributed by atoms with Gasteiger partial charge in [0.1, 0.15) is 11.1 Å². The van der Waals surface area contributed by atoms with E-state index in [9.17, 15) is 4.79 Å². The highest BCUT2D eigenvalue weighted by Gasteiger charge is 2.25. The van der Waals surface area contributed by atoms with Crippen LogP contribution in [0.4, 0.5) is 0 Å². The Morgan fingerprint density at radius 1 is 1.57 bits per heavy atom. The van der Waals surface area contributed by atoms with E-state index in [1.54, 1.807) is 34.6 Å². The van der Waals surface area contributed by atoms with Crippen molar-refractivity contribution in [1.29, 1.82) is 0 Å². The van der Waals surface area contributed by atoms with Gasteiger partial charge in [-0.25, -0.2) is 4.98 Å². The molecule has 21 heavy (non-hydrogen) atoms. The summed E-state index contributed by atoms with van der Waals surface area (Å²) in [5.74, 6) is 0.00729. The Labute approximate surface area is 131 Å². The van der Waals surface area contributed by atoms with Crippen LogP contribution in [-0.2, 0) is 16.1 Å². The minimum atomic E-state index is -0.376. The van der Waals surface area contributed by atoms with Crippen LogP contribution >= 0.6 is 22.7 Å². The first-order valence-electron chi connectivity index (χ1n) is 6.79. The molecular formula is C14H17N3O2S2. The lowest BCUT2D eigenvalue weighted by molar-refractivity contribution is -0.144. The molecule has 0 spiro atoms.